The number of amides is 1. The maximum absolute atomic E-state index is 12.2. The fraction of sp³-hybridized carbons (Fsp3) is 0.389. The largest absolute Gasteiger partial charge is 0.482 e. The molecule has 1 aliphatic rings. The Morgan fingerprint density at radius 2 is 2.12 bits per heavy atom. The second-order valence-corrected chi connectivity index (χ2v) is 7.67. The first-order valence-electron chi connectivity index (χ1n) is 8.33. The summed E-state index contributed by atoms with van der Waals surface area (Å²) in [6.45, 7) is 3.57. The summed E-state index contributed by atoms with van der Waals surface area (Å²) in [4.78, 5) is 15.8. The van der Waals surface area contributed by atoms with E-state index in [2.05, 4.69) is 21.7 Å². The van der Waals surface area contributed by atoms with Crippen LogP contribution >= 0.6 is 34.5 Å². The molecule has 0 radical (unpaired) electrons. The number of ether oxygens (including phenoxy) is 2. The van der Waals surface area contributed by atoms with Crippen molar-refractivity contribution in [2.75, 3.05) is 39.5 Å². The van der Waals surface area contributed by atoms with Crippen LogP contribution in [0.25, 0.3) is 0 Å². The number of thiophene rings is 1. The Kier molecular flexibility index (Phi) is 7.16. The average Bonchev–Trinajstić information content (AvgIpc) is 3.16. The first-order valence-corrected chi connectivity index (χ1v) is 9.97. The predicted octanol–water partition coefficient (Wildman–Crippen LogP) is 3.62. The Labute approximate surface area is 166 Å². The van der Waals surface area contributed by atoms with Gasteiger partial charge in [-0.1, -0.05) is 29.3 Å². The van der Waals surface area contributed by atoms with Crippen molar-refractivity contribution < 1.29 is 14.3 Å². The van der Waals surface area contributed by atoms with Gasteiger partial charge in [0.1, 0.15) is 5.75 Å². The highest BCUT2D eigenvalue weighted by molar-refractivity contribution is 7.10. The Morgan fingerprint density at radius 1 is 1.31 bits per heavy atom. The van der Waals surface area contributed by atoms with Gasteiger partial charge in [-0.25, -0.2) is 0 Å². The topological polar surface area (TPSA) is 50.8 Å². The van der Waals surface area contributed by atoms with Crippen molar-refractivity contribution in [1.29, 1.82) is 0 Å². The Balaban J connectivity index is 1.53. The highest BCUT2D eigenvalue weighted by Crippen LogP contribution is 2.28. The SMILES string of the molecule is O=C(COc1ccc(Cl)cc1Cl)NC[C@H](c1cccs1)N1CCOCC1. The van der Waals surface area contributed by atoms with E-state index in [-0.39, 0.29) is 18.6 Å². The molecule has 2 heterocycles. The van der Waals surface area contributed by atoms with Crippen LogP contribution < -0.4 is 10.1 Å². The summed E-state index contributed by atoms with van der Waals surface area (Å²) < 4.78 is 10.9. The highest BCUT2D eigenvalue weighted by Gasteiger charge is 2.24. The number of morpholine rings is 1. The van der Waals surface area contributed by atoms with Crippen molar-refractivity contribution in [3.8, 4) is 5.75 Å². The molecule has 8 heteroatoms. The molecule has 1 saturated heterocycles. The molecule has 1 amide bonds. The summed E-state index contributed by atoms with van der Waals surface area (Å²) in [6, 6.07) is 9.18. The van der Waals surface area contributed by atoms with Gasteiger partial charge in [0.2, 0.25) is 0 Å². The number of nitrogens with zero attached hydrogens (tertiary/aromatic N) is 1. The minimum absolute atomic E-state index is 0.0956. The van der Waals surface area contributed by atoms with Crippen LogP contribution in [0.2, 0.25) is 10.0 Å². The lowest BCUT2D eigenvalue weighted by molar-refractivity contribution is -0.123. The maximum atomic E-state index is 12.2. The number of halogens is 2. The lowest BCUT2D eigenvalue weighted by Gasteiger charge is -2.34. The molecular formula is C18H20Cl2N2O3S. The third-order valence-corrected chi connectivity index (χ3v) is 5.61. The zero-order valence-electron chi connectivity index (χ0n) is 14.1. The molecule has 3 rings (SSSR count). The van der Waals surface area contributed by atoms with Gasteiger partial charge in [-0.2, -0.15) is 0 Å². The minimum Gasteiger partial charge on any atom is -0.482 e. The van der Waals surface area contributed by atoms with E-state index in [1.807, 2.05) is 6.07 Å². The number of benzene rings is 1. The van der Waals surface area contributed by atoms with Gasteiger partial charge < -0.3 is 14.8 Å². The number of carbonyl (C=O) groups excluding carboxylic acids is 1. The molecule has 2 aromatic rings. The fourth-order valence-corrected chi connectivity index (χ4v) is 4.10. The summed E-state index contributed by atoms with van der Waals surface area (Å²) in [5.74, 6) is 0.250. The normalized spacial score (nSPS) is 16.2. The van der Waals surface area contributed by atoms with Crippen LogP contribution in [0.1, 0.15) is 10.9 Å². The highest BCUT2D eigenvalue weighted by atomic mass is 35.5. The number of hydrogen-bond acceptors (Lipinski definition) is 5. The van der Waals surface area contributed by atoms with E-state index in [1.165, 1.54) is 4.88 Å². The molecule has 26 heavy (non-hydrogen) atoms. The molecule has 5 nitrogen and oxygen atoms in total. The van der Waals surface area contributed by atoms with Crippen LogP contribution in [0.15, 0.2) is 35.7 Å². The third-order valence-electron chi connectivity index (χ3n) is 4.10. The average molecular weight is 415 g/mol. The Bertz CT molecular complexity index is 721. The molecule has 1 aliphatic heterocycles. The molecule has 0 bridgehead atoms. The van der Waals surface area contributed by atoms with E-state index in [4.69, 9.17) is 32.7 Å². The van der Waals surface area contributed by atoms with Gasteiger partial charge in [0.05, 0.1) is 24.3 Å². The van der Waals surface area contributed by atoms with Crippen molar-refractivity contribution in [2.45, 2.75) is 6.04 Å². The predicted molar refractivity (Wildman–Crippen MR) is 104 cm³/mol. The van der Waals surface area contributed by atoms with Crippen LogP contribution in [0.3, 0.4) is 0 Å². The fourth-order valence-electron chi connectivity index (χ4n) is 2.78. The van der Waals surface area contributed by atoms with Gasteiger partial charge in [-0.15, -0.1) is 11.3 Å². The van der Waals surface area contributed by atoms with E-state index in [0.29, 0.717) is 35.6 Å². The molecule has 0 spiro atoms. The molecule has 1 fully saturated rings. The maximum Gasteiger partial charge on any atom is 0.258 e. The van der Waals surface area contributed by atoms with Crippen molar-refractivity contribution in [3.05, 3.63) is 50.6 Å². The molecular weight excluding hydrogens is 395 g/mol. The summed E-state index contributed by atoms with van der Waals surface area (Å²) in [5.41, 5.74) is 0. The smallest absolute Gasteiger partial charge is 0.258 e. The summed E-state index contributed by atoms with van der Waals surface area (Å²) >= 11 is 13.6. The second kappa shape index (κ2) is 9.58. The molecule has 0 aliphatic carbocycles. The van der Waals surface area contributed by atoms with Gasteiger partial charge in [0.15, 0.2) is 6.61 Å². The summed E-state index contributed by atoms with van der Waals surface area (Å²) in [7, 11) is 0. The van der Waals surface area contributed by atoms with Gasteiger partial charge >= 0.3 is 0 Å². The Morgan fingerprint density at radius 3 is 2.81 bits per heavy atom. The molecule has 0 unspecified atom stereocenters. The van der Waals surface area contributed by atoms with Crippen LogP contribution in [0.5, 0.6) is 5.75 Å². The zero-order chi connectivity index (χ0) is 18.4. The number of rotatable bonds is 7. The standard InChI is InChI=1S/C18H20Cl2N2O3S/c19-13-3-4-16(14(20)10-13)25-12-18(23)21-11-15(17-2-1-9-26-17)22-5-7-24-8-6-22/h1-4,9-10,15H,5-8,11-12H2,(H,21,23)/t15-/m1/s1. The molecule has 1 aromatic carbocycles. The Hall–Kier alpha value is -1.31. The van der Waals surface area contributed by atoms with E-state index in [0.717, 1.165) is 13.1 Å². The van der Waals surface area contributed by atoms with Crippen molar-refractivity contribution in [3.63, 3.8) is 0 Å². The number of carbonyl (C=O) groups is 1. The van der Waals surface area contributed by atoms with Crippen LogP contribution in [0, 0.1) is 0 Å². The van der Waals surface area contributed by atoms with Crippen molar-refractivity contribution in [1.82, 2.24) is 10.2 Å². The van der Waals surface area contributed by atoms with E-state index < -0.39 is 0 Å². The first kappa shape index (κ1) is 19.5. The molecule has 0 saturated carbocycles. The van der Waals surface area contributed by atoms with Gasteiger partial charge in [0, 0.05) is 29.5 Å². The number of nitrogens with one attached hydrogen (secondary N) is 1. The molecule has 1 atom stereocenters. The first-order chi connectivity index (χ1) is 12.6. The van der Waals surface area contributed by atoms with Crippen LogP contribution in [0.4, 0.5) is 0 Å². The van der Waals surface area contributed by atoms with Crippen molar-refractivity contribution in [2.24, 2.45) is 0 Å². The molecule has 140 valence electrons. The quantitative estimate of drug-likeness (QED) is 0.751. The van der Waals surface area contributed by atoms with E-state index in [9.17, 15) is 4.79 Å². The van der Waals surface area contributed by atoms with Gasteiger partial charge in [-0.05, 0) is 29.6 Å². The molecule has 1 aromatic heterocycles. The third kappa shape index (κ3) is 5.34. The number of hydrogen-bond donors (Lipinski definition) is 1. The summed E-state index contributed by atoms with van der Waals surface area (Å²) in [5, 5.41) is 5.92. The van der Waals surface area contributed by atoms with Crippen LogP contribution in [-0.4, -0.2) is 50.3 Å². The minimum atomic E-state index is -0.189. The van der Waals surface area contributed by atoms with Gasteiger partial charge in [0.25, 0.3) is 5.91 Å². The van der Waals surface area contributed by atoms with E-state index >= 15 is 0 Å². The lowest BCUT2D eigenvalue weighted by Crippen LogP contribution is -2.44. The zero-order valence-corrected chi connectivity index (χ0v) is 16.4. The van der Waals surface area contributed by atoms with Crippen molar-refractivity contribution >= 4 is 40.4 Å². The second-order valence-electron chi connectivity index (χ2n) is 5.85. The van der Waals surface area contributed by atoms with E-state index in [1.54, 1.807) is 29.5 Å². The monoisotopic (exact) mass is 414 g/mol. The lowest BCUT2D eigenvalue weighted by atomic mass is 10.2. The van der Waals surface area contributed by atoms with Crippen LogP contribution in [-0.2, 0) is 9.53 Å². The molecule has 1 N–H and O–H groups in total. The van der Waals surface area contributed by atoms with Gasteiger partial charge in [-0.3, -0.25) is 9.69 Å². The summed E-state index contributed by atoms with van der Waals surface area (Å²) in [6.07, 6.45) is 0.